The summed E-state index contributed by atoms with van der Waals surface area (Å²) >= 11 is 10.9. The average Bonchev–Trinajstić information content (AvgIpc) is 2.89. The lowest BCUT2D eigenvalue weighted by atomic mass is 10.2. The van der Waals surface area contributed by atoms with E-state index in [1.807, 2.05) is 0 Å². The van der Waals surface area contributed by atoms with Crippen molar-refractivity contribution in [3.63, 3.8) is 0 Å². The molecule has 0 unspecified atom stereocenters. The van der Waals surface area contributed by atoms with Gasteiger partial charge in [0.05, 0.1) is 18.2 Å². The topological polar surface area (TPSA) is 40.4 Å². The first-order valence-corrected chi connectivity index (χ1v) is 11.1. The minimum atomic E-state index is -0.411. The Morgan fingerprint density at radius 2 is 1.69 bits per heavy atom. The highest BCUT2D eigenvalue weighted by atomic mass is 79.9. The van der Waals surface area contributed by atoms with Gasteiger partial charge in [-0.05, 0) is 46.3 Å². The zero-order chi connectivity index (χ0) is 18.3. The number of benzene rings is 2. The van der Waals surface area contributed by atoms with Crippen LogP contribution >= 0.6 is 47.8 Å². The summed E-state index contributed by atoms with van der Waals surface area (Å²) in [6.07, 6.45) is -0.411. The Morgan fingerprint density at radius 1 is 0.962 bits per heavy atom. The van der Waals surface area contributed by atoms with Gasteiger partial charge >= 0.3 is 0 Å². The third-order valence-electron chi connectivity index (χ3n) is 4.91. The monoisotopic (exact) mass is 543 g/mol. The predicted molar refractivity (Wildman–Crippen MR) is 118 cm³/mol. The number of aliphatic hydroxyl groups is 1. The summed E-state index contributed by atoms with van der Waals surface area (Å²) in [6.45, 7) is 5.26. The second kappa shape index (κ2) is 7.89. The van der Waals surface area contributed by atoms with E-state index in [-0.39, 0.29) is 0 Å². The van der Waals surface area contributed by atoms with Crippen LogP contribution in [0.25, 0.3) is 21.8 Å². The molecule has 4 rings (SSSR count). The SMILES string of the molecule is O[C@H](CN1CCNCC1)Cn1c2ccc(Br)cc2c2cc(Br)cc(Br)c21. The normalized spacial score (nSPS) is 17.2. The molecule has 1 atom stereocenters. The first-order chi connectivity index (χ1) is 12.5. The van der Waals surface area contributed by atoms with Gasteiger partial charge in [-0.15, -0.1) is 0 Å². The fourth-order valence-electron chi connectivity index (χ4n) is 3.78. The molecule has 1 aliphatic heterocycles. The first-order valence-electron chi connectivity index (χ1n) is 8.70. The highest BCUT2D eigenvalue weighted by Gasteiger charge is 2.19. The summed E-state index contributed by atoms with van der Waals surface area (Å²) in [5.41, 5.74) is 2.27. The van der Waals surface area contributed by atoms with E-state index in [1.54, 1.807) is 0 Å². The predicted octanol–water partition coefficient (Wildman–Crippen LogP) is 4.35. The van der Waals surface area contributed by atoms with E-state index in [9.17, 15) is 5.11 Å². The molecule has 2 aromatic carbocycles. The van der Waals surface area contributed by atoms with Gasteiger partial charge < -0.3 is 15.0 Å². The molecular formula is C19H20Br3N3O. The van der Waals surface area contributed by atoms with Crippen molar-refractivity contribution in [3.8, 4) is 0 Å². The number of nitrogens with zero attached hydrogens (tertiary/aromatic N) is 2. The Kier molecular flexibility index (Phi) is 5.74. The number of β-amino-alcohol motifs (C(OH)–C–C–N with tert-alkyl or cyclic N) is 1. The molecule has 0 bridgehead atoms. The van der Waals surface area contributed by atoms with E-state index < -0.39 is 6.10 Å². The first kappa shape index (κ1) is 18.9. The van der Waals surface area contributed by atoms with Gasteiger partial charge in [-0.3, -0.25) is 4.90 Å². The Morgan fingerprint density at radius 3 is 2.46 bits per heavy atom. The molecule has 2 heterocycles. The number of hydrogen-bond acceptors (Lipinski definition) is 3. The van der Waals surface area contributed by atoms with Crippen LogP contribution in [0.15, 0.2) is 43.7 Å². The fourth-order valence-corrected chi connectivity index (χ4v) is 5.58. The summed E-state index contributed by atoms with van der Waals surface area (Å²) < 4.78 is 5.36. The van der Waals surface area contributed by atoms with Crippen molar-refractivity contribution in [2.45, 2.75) is 12.6 Å². The molecule has 0 amide bonds. The van der Waals surface area contributed by atoms with Crippen molar-refractivity contribution in [2.24, 2.45) is 0 Å². The summed E-state index contributed by atoms with van der Waals surface area (Å²) in [6, 6.07) is 10.5. The zero-order valence-electron chi connectivity index (χ0n) is 14.2. The number of piperazine rings is 1. The van der Waals surface area contributed by atoms with E-state index >= 15 is 0 Å². The second-order valence-electron chi connectivity index (χ2n) is 6.76. The molecule has 0 radical (unpaired) electrons. The van der Waals surface area contributed by atoms with Crippen molar-refractivity contribution >= 4 is 69.6 Å². The molecular weight excluding hydrogens is 526 g/mol. The fraction of sp³-hybridized carbons (Fsp3) is 0.368. The summed E-state index contributed by atoms with van der Waals surface area (Å²) in [5.74, 6) is 0. The minimum absolute atomic E-state index is 0.411. The van der Waals surface area contributed by atoms with Crippen molar-refractivity contribution in [2.75, 3.05) is 32.7 Å². The van der Waals surface area contributed by atoms with Crippen LogP contribution in [0.2, 0.25) is 0 Å². The number of nitrogens with one attached hydrogen (secondary N) is 1. The van der Waals surface area contributed by atoms with Crippen LogP contribution in [0.5, 0.6) is 0 Å². The third kappa shape index (κ3) is 3.75. The number of aliphatic hydroxyl groups excluding tert-OH is 1. The molecule has 0 saturated carbocycles. The highest BCUT2D eigenvalue weighted by Crippen LogP contribution is 2.37. The average molecular weight is 546 g/mol. The van der Waals surface area contributed by atoms with Crippen molar-refractivity contribution < 1.29 is 5.11 Å². The Bertz CT molecular complexity index is 950. The Hall–Kier alpha value is -0.440. The lowest BCUT2D eigenvalue weighted by Gasteiger charge is -2.29. The highest BCUT2D eigenvalue weighted by molar-refractivity contribution is 9.11. The molecule has 1 aromatic heterocycles. The standard InChI is InChI=1S/C19H20Br3N3O/c20-12-1-2-18-15(7-12)16-8-13(21)9-17(22)19(16)25(18)11-14(26)10-24-5-3-23-4-6-24/h1-2,7-9,14,23,26H,3-6,10-11H2/t14-/m1/s1. The van der Waals surface area contributed by atoms with Gasteiger partial charge in [0.15, 0.2) is 0 Å². The number of fused-ring (bicyclic) bond motifs is 3. The maximum atomic E-state index is 10.8. The van der Waals surface area contributed by atoms with E-state index in [0.717, 1.165) is 50.6 Å². The molecule has 26 heavy (non-hydrogen) atoms. The number of hydrogen-bond donors (Lipinski definition) is 2. The molecule has 3 aromatic rings. The lowest BCUT2D eigenvalue weighted by Crippen LogP contribution is -2.46. The summed E-state index contributed by atoms with van der Waals surface area (Å²) in [5, 5.41) is 16.5. The maximum Gasteiger partial charge on any atom is 0.0845 e. The van der Waals surface area contributed by atoms with E-state index in [4.69, 9.17) is 0 Å². The van der Waals surface area contributed by atoms with E-state index in [1.165, 1.54) is 10.8 Å². The van der Waals surface area contributed by atoms with E-state index in [0.29, 0.717) is 13.1 Å². The van der Waals surface area contributed by atoms with Crippen molar-refractivity contribution in [1.82, 2.24) is 14.8 Å². The summed E-state index contributed by atoms with van der Waals surface area (Å²) in [4.78, 5) is 2.33. The lowest BCUT2D eigenvalue weighted by molar-refractivity contribution is 0.0935. The largest absolute Gasteiger partial charge is 0.390 e. The molecule has 138 valence electrons. The molecule has 7 heteroatoms. The Labute approximate surface area is 177 Å². The Balaban J connectivity index is 1.75. The van der Waals surface area contributed by atoms with Gasteiger partial charge in [0.25, 0.3) is 0 Å². The zero-order valence-corrected chi connectivity index (χ0v) is 18.9. The van der Waals surface area contributed by atoms with Crippen LogP contribution < -0.4 is 5.32 Å². The van der Waals surface area contributed by atoms with Crippen LogP contribution in [0.1, 0.15) is 0 Å². The number of rotatable bonds is 4. The van der Waals surface area contributed by atoms with Gasteiger partial charge in [-0.1, -0.05) is 31.9 Å². The van der Waals surface area contributed by atoms with Gasteiger partial charge in [0.1, 0.15) is 0 Å². The number of halogens is 3. The molecule has 2 N–H and O–H groups in total. The number of aromatic nitrogens is 1. The third-order valence-corrected chi connectivity index (χ3v) is 6.47. The molecule has 1 fully saturated rings. The maximum absolute atomic E-state index is 10.8. The minimum Gasteiger partial charge on any atom is -0.390 e. The van der Waals surface area contributed by atoms with Crippen LogP contribution in [0.4, 0.5) is 0 Å². The van der Waals surface area contributed by atoms with Gasteiger partial charge in [-0.2, -0.15) is 0 Å². The quantitative estimate of drug-likeness (QED) is 0.512. The smallest absolute Gasteiger partial charge is 0.0845 e. The molecule has 0 spiro atoms. The molecule has 1 saturated heterocycles. The van der Waals surface area contributed by atoms with Crippen LogP contribution in [-0.4, -0.2) is 53.4 Å². The van der Waals surface area contributed by atoms with Gasteiger partial charge in [-0.25, -0.2) is 0 Å². The summed E-state index contributed by atoms with van der Waals surface area (Å²) in [7, 11) is 0. The second-order valence-corrected chi connectivity index (χ2v) is 9.45. The van der Waals surface area contributed by atoms with Crippen LogP contribution in [-0.2, 0) is 6.54 Å². The van der Waals surface area contributed by atoms with Crippen molar-refractivity contribution in [3.05, 3.63) is 43.7 Å². The molecule has 1 aliphatic rings. The van der Waals surface area contributed by atoms with Gasteiger partial charge in [0.2, 0.25) is 0 Å². The van der Waals surface area contributed by atoms with Crippen LogP contribution in [0.3, 0.4) is 0 Å². The molecule has 0 aliphatic carbocycles. The van der Waals surface area contributed by atoms with Gasteiger partial charge in [0, 0.05) is 62.4 Å². The van der Waals surface area contributed by atoms with E-state index in [2.05, 4.69) is 92.9 Å². The molecule has 4 nitrogen and oxygen atoms in total. The van der Waals surface area contributed by atoms with Crippen LogP contribution in [0, 0.1) is 0 Å². The van der Waals surface area contributed by atoms with Crippen molar-refractivity contribution in [1.29, 1.82) is 0 Å².